The second-order valence-electron chi connectivity index (χ2n) is 6.11. The average Bonchev–Trinajstić information content (AvgIpc) is 2.73. The normalized spacial score (nSPS) is 15.8. The van der Waals surface area contributed by atoms with Gasteiger partial charge in [0.05, 0.1) is 5.69 Å². The van der Waals surface area contributed by atoms with E-state index in [0.717, 1.165) is 18.8 Å². The van der Waals surface area contributed by atoms with E-state index in [1.165, 1.54) is 5.56 Å². The molecule has 1 amide bonds. The minimum Gasteiger partial charge on any atom is -0.347 e. The lowest BCUT2D eigenvalue weighted by atomic mass is 10.1. The molecular weight excluding hydrogens is 228 g/mol. The summed E-state index contributed by atoms with van der Waals surface area (Å²) in [6.45, 7) is 8.76. The van der Waals surface area contributed by atoms with Gasteiger partial charge in [0, 0.05) is 44.5 Å². The van der Waals surface area contributed by atoms with E-state index in [-0.39, 0.29) is 11.4 Å². The number of carbonyl (C=O) groups excluding carboxylic acids is 1. The maximum atomic E-state index is 11.6. The lowest BCUT2D eigenvalue weighted by Gasteiger charge is -2.31. The van der Waals surface area contributed by atoms with Crippen LogP contribution < -0.4 is 0 Å². The Balaban J connectivity index is 2.05. The molecule has 0 fully saturated rings. The first kappa shape index (κ1) is 13.1. The third-order valence-corrected chi connectivity index (χ3v) is 3.37. The van der Waals surface area contributed by atoms with Crippen molar-refractivity contribution in [3.63, 3.8) is 0 Å². The first-order valence-electron chi connectivity index (χ1n) is 6.28. The Morgan fingerprint density at radius 2 is 2.06 bits per heavy atom. The number of hydrogen-bond acceptors (Lipinski definition) is 3. The Morgan fingerprint density at radius 1 is 1.39 bits per heavy atom. The van der Waals surface area contributed by atoms with Crippen LogP contribution in [-0.2, 0) is 24.4 Å². The van der Waals surface area contributed by atoms with Crippen molar-refractivity contribution in [1.29, 1.82) is 0 Å². The average molecular weight is 250 g/mol. The SMILES string of the molecule is CN(C)C(=O)Cn1cc2c(n1)CN(C(C)(C)C)C2. The van der Waals surface area contributed by atoms with E-state index in [4.69, 9.17) is 0 Å². The van der Waals surface area contributed by atoms with Crippen molar-refractivity contribution in [2.75, 3.05) is 14.1 Å². The van der Waals surface area contributed by atoms with Gasteiger partial charge in [-0.3, -0.25) is 14.4 Å². The predicted octanol–water partition coefficient (Wildman–Crippen LogP) is 1.09. The molecule has 1 aromatic heterocycles. The molecule has 0 aliphatic carbocycles. The monoisotopic (exact) mass is 250 g/mol. The predicted molar refractivity (Wildman–Crippen MR) is 69.9 cm³/mol. The van der Waals surface area contributed by atoms with Gasteiger partial charge in [0.2, 0.25) is 5.91 Å². The fourth-order valence-corrected chi connectivity index (χ4v) is 2.05. The number of amides is 1. The molecule has 0 radical (unpaired) electrons. The quantitative estimate of drug-likeness (QED) is 0.789. The molecule has 2 heterocycles. The summed E-state index contributed by atoms with van der Waals surface area (Å²) in [7, 11) is 3.53. The summed E-state index contributed by atoms with van der Waals surface area (Å²) in [6, 6.07) is 0. The van der Waals surface area contributed by atoms with E-state index < -0.39 is 0 Å². The molecule has 1 aromatic rings. The topological polar surface area (TPSA) is 41.4 Å². The fourth-order valence-electron chi connectivity index (χ4n) is 2.05. The van der Waals surface area contributed by atoms with Gasteiger partial charge in [-0.05, 0) is 20.8 Å². The lowest BCUT2D eigenvalue weighted by molar-refractivity contribution is -0.129. The minimum absolute atomic E-state index is 0.0730. The highest BCUT2D eigenvalue weighted by Gasteiger charge is 2.30. The molecule has 1 aliphatic heterocycles. The summed E-state index contributed by atoms with van der Waals surface area (Å²) < 4.78 is 1.76. The largest absolute Gasteiger partial charge is 0.347 e. The van der Waals surface area contributed by atoms with Gasteiger partial charge in [-0.1, -0.05) is 0 Å². The number of carbonyl (C=O) groups is 1. The molecule has 0 saturated heterocycles. The van der Waals surface area contributed by atoms with Crippen molar-refractivity contribution >= 4 is 5.91 Å². The van der Waals surface area contributed by atoms with Gasteiger partial charge in [0.15, 0.2) is 0 Å². The zero-order valence-corrected chi connectivity index (χ0v) is 11.9. The fraction of sp³-hybridized carbons (Fsp3) is 0.692. The number of aromatic nitrogens is 2. The molecule has 0 unspecified atom stereocenters. The Kier molecular flexibility index (Phi) is 3.19. The second-order valence-corrected chi connectivity index (χ2v) is 6.11. The van der Waals surface area contributed by atoms with Crippen molar-refractivity contribution in [2.24, 2.45) is 0 Å². The van der Waals surface area contributed by atoms with Crippen molar-refractivity contribution in [3.8, 4) is 0 Å². The highest BCUT2D eigenvalue weighted by Crippen LogP contribution is 2.27. The maximum absolute atomic E-state index is 11.6. The molecule has 1 aliphatic rings. The molecule has 0 spiro atoms. The van der Waals surface area contributed by atoms with Crippen LogP contribution in [-0.4, -0.2) is 45.1 Å². The summed E-state index contributed by atoms with van der Waals surface area (Å²) >= 11 is 0. The maximum Gasteiger partial charge on any atom is 0.243 e. The molecular formula is C13H22N4O. The van der Waals surface area contributed by atoms with E-state index in [9.17, 15) is 4.79 Å². The highest BCUT2D eigenvalue weighted by atomic mass is 16.2. The Morgan fingerprint density at radius 3 is 2.56 bits per heavy atom. The number of rotatable bonds is 2. The zero-order chi connectivity index (χ0) is 13.5. The lowest BCUT2D eigenvalue weighted by Crippen LogP contribution is -2.37. The van der Waals surface area contributed by atoms with Crippen LogP contribution >= 0.6 is 0 Å². The smallest absolute Gasteiger partial charge is 0.243 e. The third kappa shape index (κ3) is 2.56. The van der Waals surface area contributed by atoms with Crippen LogP contribution in [0.1, 0.15) is 32.0 Å². The molecule has 5 nitrogen and oxygen atoms in total. The standard InChI is InChI=1S/C13H22N4O/c1-13(2,3)16-6-10-7-17(14-11(10)8-16)9-12(18)15(4)5/h7H,6,8-9H2,1-5H3. The van der Waals surface area contributed by atoms with Crippen molar-refractivity contribution in [1.82, 2.24) is 19.6 Å². The molecule has 0 N–H and O–H groups in total. The van der Waals surface area contributed by atoms with Crippen molar-refractivity contribution < 1.29 is 4.79 Å². The molecule has 100 valence electrons. The van der Waals surface area contributed by atoms with Crippen LogP contribution in [0.5, 0.6) is 0 Å². The number of likely N-dealkylation sites (N-methyl/N-ethyl adjacent to an activating group) is 1. The van der Waals surface area contributed by atoms with Gasteiger partial charge in [0.25, 0.3) is 0 Å². The summed E-state index contributed by atoms with van der Waals surface area (Å²) in [5.41, 5.74) is 2.52. The first-order chi connectivity index (χ1) is 8.27. The highest BCUT2D eigenvalue weighted by molar-refractivity contribution is 5.75. The Labute approximate surface area is 108 Å². The summed E-state index contributed by atoms with van der Waals surface area (Å²) in [5, 5.41) is 4.50. The van der Waals surface area contributed by atoms with Crippen LogP contribution in [0.4, 0.5) is 0 Å². The van der Waals surface area contributed by atoms with Crippen LogP contribution in [0.15, 0.2) is 6.20 Å². The van der Waals surface area contributed by atoms with Crippen molar-refractivity contribution in [2.45, 2.75) is 45.9 Å². The number of fused-ring (bicyclic) bond motifs is 1. The van der Waals surface area contributed by atoms with E-state index in [0.29, 0.717) is 6.54 Å². The molecule has 0 atom stereocenters. The molecule has 0 saturated carbocycles. The molecule has 18 heavy (non-hydrogen) atoms. The molecule has 5 heteroatoms. The third-order valence-electron chi connectivity index (χ3n) is 3.37. The van der Waals surface area contributed by atoms with E-state index in [1.807, 2.05) is 6.20 Å². The van der Waals surface area contributed by atoms with Gasteiger partial charge < -0.3 is 4.90 Å². The van der Waals surface area contributed by atoms with Gasteiger partial charge in [-0.25, -0.2) is 0 Å². The molecule has 2 rings (SSSR count). The Hall–Kier alpha value is -1.36. The van der Waals surface area contributed by atoms with Crippen LogP contribution in [0, 0.1) is 0 Å². The summed E-state index contributed by atoms with van der Waals surface area (Å²) in [6.07, 6.45) is 2.00. The minimum atomic E-state index is 0.0730. The summed E-state index contributed by atoms with van der Waals surface area (Å²) in [4.78, 5) is 15.6. The van der Waals surface area contributed by atoms with E-state index >= 15 is 0 Å². The zero-order valence-electron chi connectivity index (χ0n) is 11.9. The van der Waals surface area contributed by atoms with E-state index in [2.05, 4.69) is 30.8 Å². The first-order valence-corrected chi connectivity index (χ1v) is 6.28. The van der Waals surface area contributed by atoms with Crippen LogP contribution in [0.25, 0.3) is 0 Å². The number of nitrogens with zero attached hydrogens (tertiary/aromatic N) is 4. The van der Waals surface area contributed by atoms with Gasteiger partial charge in [-0.15, -0.1) is 0 Å². The summed E-state index contributed by atoms with van der Waals surface area (Å²) in [5.74, 6) is 0.0730. The number of hydrogen-bond donors (Lipinski definition) is 0. The van der Waals surface area contributed by atoms with Gasteiger partial charge >= 0.3 is 0 Å². The molecule has 0 aromatic carbocycles. The van der Waals surface area contributed by atoms with Crippen molar-refractivity contribution in [3.05, 3.63) is 17.5 Å². The molecule has 0 bridgehead atoms. The second kappa shape index (κ2) is 4.39. The van der Waals surface area contributed by atoms with E-state index in [1.54, 1.807) is 23.7 Å². The van der Waals surface area contributed by atoms with Gasteiger partial charge in [0.1, 0.15) is 6.54 Å². The van der Waals surface area contributed by atoms with Gasteiger partial charge in [-0.2, -0.15) is 5.10 Å². The van der Waals surface area contributed by atoms with Crippen LogP contribution in [0.3, 0.4) is 0 Å². The Bertz CT molecular complexity index is 433. The van der Waals surface area contributed by atoms with Crippen LogP contribution in [0.2, 0.25) is 0 Å².